The van der Waals surface area contributed by atoms with Crippen LogP contribution in [0.3, 0.4) is 0 Å². The fourth-order valence-electron chi connectivity index (χ4n) is 4.57. The fourth-order valence-corrected chi connectivity index (χ4v) is 6.04. The van der Waals surface area contributed by atoms with E-state index in [-0.39, 0.29) is 22.2 Å². The van der Waals surface area contributed by atoms with Gasteiger partial charge < -0.3 is 19.1 Å². The largest absolute Gasteiger partial charge is 0.497 e. The topological polar surface area (TPSA) is 71.8 Å². The van der Waals surface area contributed by atoms with Gasteiger partial charge in [-0.25, -0.2) is 12.8 Å². The molecule has 7 nitrogen and oxygen atoms in total. The molecule has 0 N–H and O–H groups in total. The zero-order valence-corrected chi connectivity index (χ0v) is 20.6. The van der Waals surface area contributed by atoms with E-state index in [9.17, 15) is 17.6 Å². The first-order valence-corrected chi connectivity index (χ1v) is 13.1. The number of hydrogen-bond donors (Lipinski definition) is 0. The van der Waals surface area contributed by atoms with E-state index in [2.05, 4.69) is 4.90 Å². The maximum Gasteiger partial charge on any atom is 0.242 e. The lowest BCUT2D eigenvalue weighted by Gasteiger charge is -2.36. The second kappa shape index (κ2) is 9.66. The van der Waals surface area contributed by atoms with Crippen molar-refractivity contribution < 1.29 is 22.3 Å². The number of methoxy groups -OCH3 is 1. The van der Waals surface area contributed by atoms with Crippen LogP contribution < -0.4 is 9.64 Å². The monoisotopic (exact) mass is 507 g/mol. The summed E-state index contributed by atoms with van der Waals surface area (Å²) in [6.45, 7) is 2.54. The zero-order valence-electron chi connectivity index (χ0n) is 19.8. The standard InChI is InChI=1S/C27H26FN3O4S/c1-35-22-6-4-5-21(17-22)29-13-15-30(16-14-29)27(32)19-31-18-26(24-7-2-3-8-25(24)31)36(33,34)23-11-9-20(28)10-12-23/h2-12,17-18H,13-16,19H2,1H3. The van der Waals surface area contributed by atoms with Gasteiger partial charge in [-0.05, 0) is 42.5 Å². The minimum atomic E-state index is -3.90. The van der Waals surface area contributed by atoms with Crippen molar-refractivity contribution in [3.63, 3.8) is 0 Å². The zero-order chi connectivity index (χ0) is 25.3. The molecule has 0 unspecified atom stereocenters. The Morgan fingerprint density at radius 2 is 1.67 bits per heavy atom. The molecule has 0 bridgehead atoms. The summed E-state index contributed by atoms with van der Waals surface area (Å²) in [6, 6.07) is 19.7. The van der Waals surface area contributed by atoms with E-state index in [0.717, 1.165) is 23.6 Å². The molecule has 0 saturated carbocycles. The third kappa shape index (κ3) is 4.54. The summed E-state index contributed by atoms with van der Waals surface area (Å²) in [4.78, 5) is 17.3. The molecular weight excluding hydrogens is 481 g/mol. The first kappa shape index (κ1) is 23.9. The number of aromatic nitrogens is 1. The van der Waals surface area contributed by atoms with E-state index >= 15 is 0 Å². The minimum Gasteiger partial charge on any atom is -0.497 e. The maximum atomic E-state index is 13.4. The first-order valence-electron chi connectivity index (χ1n) is 11.6. The quantitative estimate of drug-likeness (QED) is 0.370. The van der Waals surface area contributed by atoms with Gasteiger partial charge in [-0.15, -0.1) is 0 Å². The van der Waals surface area contributed by atoms with E-state index in [0.29, 0.717) is 37.1 Å². The number of hydrogen-bond acceptors (Lipinski definition) is 5. The van der Waals surface area contributed by atoms with Gasteiger partial charge >= 0.3 is 0 Å². The highest BCUT2D eigenvalue weighted by atomic mass is 32.2. The number of halogens is 1. The molecule has 1 saturated heterocycles. The van der Waals surface area contributed by atoms with Gasteiger partial charge in [0.2, 0.25) is 15.7 Å². The number of rotatable bonds is 6. The molecule has 2 heterocycles. The van der Waals surface area contributed by atoms with Crippen molar-refractivity contribution in [3.8, 4) is 5.75 Å². The highest BCUT2D eigenvalue weighted by Gasteiger charge is 2.26. The number of carbonyl (C=O) groups excluding carboxylic acids is 1. The van der Waals surface area contributed by atoms with Crippen LogP contribution in [0.5, 0.6) is 5.75 Å². The average molecular weight is 508 g/mol. The molecule has 186 valence electrons. The van der Waals surface area contributed by atoms with Crippen molar-refractivity contribution in [3.05, 3.63) is 84.8 Å². The Labute approximate surface area is 209 Å². The number of fused-ring (bicyclic) bond motifs is 1. The van der Waals surface area contributed by atoms with E-state index in [1.54, 1.807) is 34.8 Å². The molecule has 1 aliphatic rings. The van der Waals surface area contributed by atoms with E-state index in [1.807, 2.05) is 30.3 Å². The summed E-state index contributed by atoms with van der Waals surface area (Å²) >= 11 is 0. The van der Waals surface area contributed by atoms with Gasteiger partial charge in [0, 0.05) is 55.0 Å². The molecule has 0 radical (unpaired) electrons. The summed E-state index contributed by atoms with van der Waals surface area (Å²) in [7, 11) is -2.26. The van der Waals surface area contributed by atoms with Gasteiger partial charge in [-0.1, -0.05) is 24.3 Å². The number of piperazine rings is 1. The summed E-state index contributed by atoms with van der Waals surface area (Å²) in [5, 5.41) is 0.525. The second-order valence-corrected chi connectivity index (χ2v) is 10.6. The van der Waals surface area contributed by atoms with Crippen LogP contribution >= 0.6 is 0 Å². The number of nitrogens with zero attached hydrogens (tertiary/aromatic N) is 3. The molecule has 5 rings (SSSR count). The molecule has 36 heavy (non-hydrogen) atoms. The van der Waals surface area contributed by atoms with E-state index in [1.165, 1.54) is 18.3 Å². The number of sulfone groups is 1. The molecule has 1 aliphatic heterocycles. The molecule has 3 aromatic carbocycles. The number of amides is 1. The van der Waals surface area contributed by atoms with Gasteiger partial charge in [0.1, 0.15) is 18.1 Å². The van der Waals surface area contributed by atoms with Crippen molar-refractivity contribution in [1.82, 2.24) is 9.47 Å². The number of carbonyl (C=O) groups is 1. The van der Waals surface area contributed by atoms with Crippen molar-refractivity contribution in [2.45, 2.75) is 16.3 Å². The summed E-state index contributed by atoms with van der Waals surface area (Å²) < 4.78 is 47.0. The molecule has 0 atom stereocenters. The number of anilines is 1. The molecule has 9 heteroatoms. The van der Waals surface area contributed by atoms with Crippen LogP contribution in [-0.4, -0.2) is 57.1 Å². The SMILES string of the molecule is COc1cccc(N2CCN(C(=O)Cn3cc(S(=O)(=O)c4ccc(F)cc4)c4ccccc43)CC2)c1. The molecule has 0 spiro atoms. The molecule has 1 fully saturated rings. The summed E-state index contributed by atoms with van der Waals surface area (Å²) in [6.07, 6.45) is 1.51. The molecule has 4 aromatic rings. The van der Waals surface area contributed by atoms with Gasteiger partial charge in [-0.3, -0.25) is 4.79 Å². The maximum absolute atomic E-state index is 13.4. The fraction of sp³-hybridized carbons (Fsp3) is 0.222. The Balaban J connectivity index is 1.35. The summed E-state index contributed by atoms with van der Waals surface area (Å²) in [5.74, 6) is 0.206. The number of para-hydroxylation sites is 1. The molecule has 1 aromatic heterocycles. The third-order valence-corrected chi connectivity index (χ3v) is 8.32. The van der Waals surface area contributed by atoms with Crippen LogP contribution in [0.15, 0.2) is 88.8 Å². The average Bonchev–Trinajstić information content (AvgIpc) is 3.28. The minimum absolute atomic E-state index is 0.00629. The van der Waals surface area contributed by atoms with E-state index in [4.69, 9.17) is 4.74 Å². The van der Waals surface area contributed by atoms with Crippen molar-refractivity contribution in [2.75, 3.05) is 38.2 Å². The van der Waals surface area contributed by atoms with Crippen LogP contribution in [0.4, 0.5) is 10.1 Å². The predicted molar refractivity (Wildman–Crippen MR) is 136 cm³/mol. The molecule has 1 amide bonds. The Bertz CT molecular complexity index is 1510. The van der Waals surface area contributed by atoms with Crippen molar-refractivity contribution in [1.29, 1.82) is 0 Å². The highest BCUT2D eigenvalue weighted by molar-refractivity contribution is 7.91. The van der Waals surface area contributed by atoms with Crippen molar-refractivity contribution in [2.24, 2.45) is 0 Å². The summed E-state index contributed by atoms with van der Waals surface area (Å²) in [5.41, 5.74) is 1.70. The lowest BCUT2D eigenvalue weighted by molar-refractivity contribution is -0.132. The van der Waals surface area contributed by atoms with Gasteiger partial charge in [0.05, 0.1) is 16.9 Å². The van der Waals surface area contributed by atoms with Gasteiger partial charge in [0.15, 0.2) is 0 Å². The first-order chi connectivity index (χ1) is 17.4. The van der Waals surface area contributed by atoms with Crippen LogP contribution in [0.2, 0.25) is 0 Å². The predicted octanol–water partition coefficient (Wildman–Crippen LogP) is 3.97. The Morgan fingerprint density at radius 3 is 2.39 bits per heavy atom. The number of ether oxygens (including phenoxy) is 1. The van der Waals surface area contributed by atoms with Crippen molar-refractivity contribution >= 4 is 32.3 Å². The lowest BCUT2D eigenvalue weighted by atomic mass is 10.2. The highest BCUT2D eigenvalue weighted by Crippen LogP contribution is 2.30. The number of benzene rings is 3. The van der Waals surface area contributed by atoms with Crippen LogP contribution in [0.25, 0.3) is 10.9 Å². The van der Waals surface area contributed by atoms with Gasteiger partial charge in [0.25, 0.3) is 0 Å². The van der Waals surface area contributed by atoms with Gasteiger partial charge in [-0.2, -0.15) is 0 Å². The van der Waals surface area contributed by atoms with Crippen LogP contribution in [0.1, 0.15) is 0 Å². The normalized spacial score (nSPS) is 14.3. The Morgan fingerprint density at radius 1 is 0.944 bits per heavy atom. The van der Waals surface area contributed by atoms with Crippen LogP contribution in [0, 0.1) is 5.82 Å². The third-order valence-electron chi connectivity index (χ3n) is 6.52. The second-order valence-electron chi connectivity index (χ2n) is 8.67. The van der Waals surface area contributed by atoms with E-state index < -0.39 is 15.7 Å². The lowest BCUT2D eigenvalue weighted by Crippen LogP contribution is -2.49. The Kier molecular flexibility index (Phi) is 6.40. The van der Waals surface area contributed by atoms with Crippen LogP contribution in [-0.2, 0) is 21.2 Å². The smallest absolute Gasteiger partial charge is 0.242 e. The molecule has 0 aliphatic carbocycles. The molecular formula is C27H26FN3O4S. The Hall–Kier alpha value is -3.85.